The Balaban J connectivity index is 1.99. The highest BCUT2D eigenvalue weighted by Crippen LogP contribution is 2.31. The summed E-state index contributed by atoms with van der Waals surface area (Å²) in [4.78, 5) is 25.3. The van der Waals surface area contributed by atoms with Crippen molar-refractivity contribution in [2.75, 3.05) is 22.8 Å². The van der Waals surface area contributed by atoms with Crippen molar-refractivity contribution >= 4 is 44.9 Å². The van der Waals surface area contributed by atoms with Gasteiger partial charge in [-0.15, -0.1) is 0 Å². The first-order valence-electron chi connectivity index (χ1n) is 10.6. The lowest BCUT2D eigenvalue weighted by atomic mass is 10.1. The molecule has 34 heavy (non-hydrogen) atoms. The molecule has 0 fully saturated rings. The van der Waals surface area contributed by atoms with Crippen molar-refractivity contribution in [3.05, 3.63) is 88.4 Å². The van der Waals surface area contributed by atoms with E-state index >= 15 is 0 Å². The highest BCUT2D eigenvalue weighted by Gasteiger charge is 2.29. The summed E-state index contributed by atoms with van der Waals surface area (Å²) in [6.45, 7) is 4.86. The van der Waals surface area contributed by atoms with Crippen molar-refractivity contribution in [2.24, 2.45) is 0 Å². The van der Waals surface area contributed by atoms with Crippen molar-refractivity contribution in [3.8, 4) is 0 Å². The van der Waals surface area contributed by atoms with Gasteiger partial charge < -0.3 is 10.1 Å². The molecule has 3 rings (SSSR count). The summed E-state index contributed by atoms with van der Waals surface area (Å²) in [5.41, 5.74) is 2.09. The molecule has 0 saturated carbocycles. The van der Waals surface area contributed by atoms with Crippen LogP contribution in [0.1, 0.15) is 28.4 Å². The number of rotatable bonds is 8. The second-order valence-corrected chi connectivity index (χ2v) is 9.79. The maximum Gasteiger partial charge on any atom is 0.340 e. The molecule has 0 aliphatic rings. The van der Waals surface area contributed by atoms with Crippen molar-refractivity contribution in [1.82, 2.24) is 0 Å². The minimum Gasteiger partial charge on any atom is -0.462 e. The molecular formula is C25H25ClN2O5S. The van der Waals surface area contributed by atoms with Gasteiger partial charge in [-0.25, -0.2) is 13.2 Å². The number of carbonyl (C=O) groups excluding carboxylic acids is 2. The van der Waals surface area contributed by atoms with E-state index in [1.165, 1.54) is 18.2 Å². The van der Waals surface area contributed by atoms with E-state index in [1.54, 1.807) is 62.4 Å². The van der Waals surface area contributed by atoms with Crippen molar-refractivity contribution < 1.29 is 22.7 Å². The van der Waals surface area contributed by atoms with Gasteiger partial charge in [0.05, 0.1) is 28.4 Å². The van der Waals surface area contributed by atoms with Gasteiger partial charge in [-0.1, -0.05) is 47.5 Å². The number of para-hydroxylation sites is 1. The Morgan fingerprint density at radius 3 is 2.32 bits per heavy atom. The Labute approximate surface area is 204 Å². The largest absolute Gasteiger partial charge is 0.462 e. The number of sulfonamides is 1. The molecule has 1 amide bonds. The number of nitrogens with one attached hydrogen (secondary N) is 1. The molecule has 0 aromatic heterocycles. The quantitative estimate of drug-likeness (QED) is 0.441. The van der Waals surface area contributed by atoms with E-state index in [0.29, 0.717) is 10.6 Å². The lowest BCUT2D eigenvalue weighted by Gasteiger charge is -2.26. The zero-order valence-corrected chi connectivity index (χ0v) is 20.6. The molecule has 0 unspecified atom stereocenters. The number of benzene rings is 3. The molecule has 0 atom stereocenters. The fraction of sp³-hybridized carbons (Fsp3) is 0.200. The predicted octanol–water partition coefficient (Wildman–Crippen LogP) is 4.97. The molecule has 0 bridgehead atoms. The van der Waals surface area contributed by atoms with Gasteiger partial charge in [0.1, 0.15) is 6.54 Å². The van der Waals surface area contributed by atoms with Crippen LogP contribution in [0.15, 0.2) is 71.6 Å². The number of aryl methyl sites for hydroxylation is 1. The minimum atomic E-state index is -4.11. The molecule has 0 spiro atoms. The highest BCUT2D eigenvalue weighted by molar-refractivity contribution is 7.92. The van der Waals surface area contributed by atoms with E-state index in [0.717, 1.165) is 9.87 Å². The zero-order valence-electron chi connectivity index (χ0n) is 19.0. The SMILES string of the molecule is CCOC(=O)c1ccccc1NC(=O)CN(c1cccc(Cl)c1C)S(=O)(=O)c1ccc(C)cc1. The molecule has 0 aliphatic heterocycles. The molecule has 0 radical (unpaired) electrons. The number of nitrogens with zero attached hydrogens (tertiary/aromatic N) is 1. The second kappa shape index (κ2) is 10.7. The van der Waals surface area contributed by atoms with Gasteiger partial charge in [-0.2, -0.15) is 0 Å². The summed E-state index contributed by atoms with van der Waals surface area (Å²) in [6, 6.07) is 17.6. The van der Waals surface area contributed by atoms with Gasteiger partial charge in [0, 0.05) is 5.02 Å². The lowest BCUT2D eigenvalue weighted by Crippen LogP contribution is -2.38. The number of ether oxygens (including phenoxy) is 1. The fourth-order valence-electron chi connectivity index (χ4n) is 3.30. The number of halogens is 1. The topological polar surface area (TPSA) is 92.8 Å². The van der Waals surface area contributed by atoms with Crippen LogP contribution < -0.4 is 9.62 Å². The van der Waals surface area contributed by atoms with Crippen LogP contribution in [-0.4, -0.2) is 33.4 Å². The summed E-state index contributed by atoms with van der Waals surface area (Å²) in [5, 5.41) is 3.01. The van der Waals surface area contributed by atoms with E-state index < -0.39 is 28.4 Å². The summed E-state index contributed by atoms with van der Waals surface area (Å²) >= 11 is 6.25. The van der Waals surface area contributed by atoms with Crippen molar-refractivity contribution in [2.45, 2.75) is 25.7 Å². The van der Waals surface area contributed by atoms with Gasteiger partial charge in [0.25, 0.3) is 10.0 Å². The van der Waals surface area contributed by atoms with Crippen LogP contribution in [0.4, 0.5) is 11.4 Å². The molecule has 3 aromatic carbocycles. The van der Waals surface area contributed by atoms with E-state index in [-0.39, 0.29) is 28.4 Å². The first-order chi connectivity index (χ1) is 16.1. The molecule has 0 heterocycles. The summed E-state index contributed by atoms with van der Waals surface area (Å²) in [7, 11) is -4.11. The van der Waals surface area contributed by atoms with Crippen LogP contribution >= 0.6 is 11.6 Å². The number of carbonyl (C=O) groups is 2. The molecule has 7 nitrogen and oxygen atoms in total. The fourth-order valence-corrected chi connectivity index (χ4v) is 4.95. The highest BCUT2D eigenvalue weighted by atomic mass is 35.5. The predicted molar refractivity (Wildman–Crippen MR) is 133 cm³/mol. The smallest absolute Gasteiger partial charge is 0.340 e. The first-order valence-corrected chi connectivity index (χ1v) is 12.4. The van der Waals surface area contributed by atoms with E-state index in [4.69, 9.17) is 16.3 Å². The van der Waals surface area contributed by atoms with Gasteiger partial charge in [-0.05, 0) is 62.7 Å². The summed E-state index contributed by atoms with van der Waals surface area (Å²) in [5.74, 6) is -1.22. The molecule has 3 aromatic rings. The maximum absolute atomic E-state index is 13.6. The third kappa shape index (κ3) is 5.58. The van der Waals surface area contributed by atoms with Crippen LogP contribution in [0.25, 0.3) is 0 Å². The molecule has 1 N–H and O–H groups in total. The van der Waals surface area contributed by atoms with E-state index in [2.05, 4.69) is 5.32 Å². The average molecular weight is 501 g/mol. The van der Waals surface area contributed by atoms with Crippen LogP contribution in [0.5, 0.6) is 0 Å². The van der Waals surface area contributed by atoms with Crippen molar-refractivity contribution in [3.63, 3.8) is 0 Å². The summed E-state index contributed by atoms with van der Waals surface area (Å²) < 4.78 is 33.2. The molecular weight excluding hydrogens is 476 g/mol. The maximum atomic E-state index is 13.6. The second-order valence-electron chi connectivity index (χ2n) is 7.52. The van der Waals surface area contributed by atoms with Crippen LogP contribution in [0, 0.1) is 13.8 Å². The van der Waals surface area contributed by atoms with E-state index in [1.807, 2.05) is 6.92 Å². The molecule has 0 aliphatic carbocycles. The summed E-state index contributed by atoms with van der Waals surface area (Å²) in [6.07, 6.45) is 0. The Hall–Kier alpha value is -3.36. The first kappa shape index (κ1) is 25.3. The van der Waals surface area contributed by atoms with Gasteiger partial charge in [0.15, 0.2) is 0 Å². The number of hydrogen-bond acceptors (Lipinski definition) is 5. The monoisotopic (exact) mass is 500 g/mol. The minimum absolute atomic E-state index is 0.0391. The van der Waals surface area contributed by atoms with Gasteiger partial charge in [0.2, 0.25) is 5.91 Å². The average Bonchev–Trinajstić information content (AvgIpc) is 2.80. The third-order valence-corrected chi connectivity index (χ3v) is 7.28. The van der Waals surface area contributed by atoms with Gasteiger partial charge >= 0.3 is 5.97 Å². The molecule has 178 valence electrons. The Morgan fingerprint density at radius 2 is 1.65 bits per heavy atom. The van der Waals surface area contributed by atoms with Gasteiger partial charge in [-0.3, -0.25) is 9.10 Å². The Morgan fingerprint density at radius 1 is 0.971 bits per heavy atom. The Kier molecular flexibility index (Phi) is 7.96. The number of anilines is 2. The Bertz CT molecular complexity index is 1310. The van der Waals surface area contributed by atoms with Crippen LogP contribution in [0.3, 0.4) is 0 Å². The number of esters is 1. The van der Waals surface area contributed by atoms with E-state index in [9.17, 15) is 18.0 Å². The number of hydrogen-bond donors (Lipinski definition) is 1. The van der Waals surface area contributed by atoms with Crippen LogP contribution in [0.2, 0.25) is 5.02 Å². The third-order valence-electron chi connectivity index (χ3n) is 5.10. The number of amides is 1. The zero-order chi connectivity index (χ0) is 24.9. The normalized spacial score (nSPS) is 11.1. The van der Waals surface area contributed by atoms with Crippen molar-refractivity contribution in [1.29, 1.82) is 0 Å². The molecule has 9 heteroatoms. The molecule has 0 saturated heterocycles. The van der Waals surface area contributed by atoms with Crippen LogP contribution in [-0.2, 0) is 19.6 Å². The standard InChI is InChI=1S/C25H25ClN2O5S/c1-4-33-25(30)20-8-5-6-10-22(20)27-24(29)16-28(23-11-7-9-21(26)18(23)3)34(31,32)19-14-12-17(2)13-15-19/h5-15H,4,16H2,1-3H3,(H,27,29). The lowest BCUT2D eigenvalue weighted by molar-refractivity contribution is -0.114.